The maximum atomic E-state index is 11.0. The zero-order valence-electron chi connectivity index (χ0n) is 12.9. The number of hydrogen-bond donors (Lipinski definition) is 2. The zero-order chi connectivity index (χ0) is 15.1. The summed E-state index contributed by atoms with van der Waals surface area (Å²) in [5.74, 6) is 0. The SMILES string of the molecule is CCCC(O)(CN[C@@H](C)c1ccccc1)c1ccccc1. The van der Waals surface area contributed by atoms with Crippen molar-refractivity contribution in [1.29, 1.82) is 0 Å². The van der Waals surface area contributed by atoms with Crippen molar-refractivity contribution in [2.75, 3.05) is 6.54 Å². The van der Waals surface area contributed by atoms with E-state index in [1.54, 1.807) is 0 Å². The summed E-state index contributed by atoms with van der Waals surface area (Å²) in [4.78, 5) is 0. The lowest BCUT2D eigenvalue weighted by atomic mass is 9.89. The molecular weight excluding hydrogens is 258 g/mol. The second-order valence-electron chi connectivity index (χ2n) is 5.66. The summed E-state index contributed by atoms with van der Waals surface area (Å²) in [6.45, 7) is 4.79. The molecule has 2 aromatic rings. The smallest absolute Gasteiger partial charge is 0.102 e. The van der Waals surface area contributed by atoms with Gasteiger partial charge in [0.05, 0.1) is 0 Å². The third-order valence-corrected chi connectivity index (χ3v) is 3.97. The molecule has 2 atom stereocenters. The Morgan fingerprint density at radius 2 is 1.57 bits per heavy atom. The molecule has 0 heterocycles. The van der Waals surface area contributed by atoms with E-state index >= 15 is 0 Å². The van der Waals surface area contributed by atoms with E-state index in [-0.39, 0.29) is 6.04 Å². The van der Waals surface area contributed by atoms with Crippen LogP contribution in [0, 0.1) is 0 Å². The lowest BCUT2D eigenvalue weighted by Gasteiger charge is -2.30. The Morgan fingerprint density at radius 3 is 2.14 bits per heavy atom. The van der Waals surface area contributed by atoms with Crippen molar-refractivity contribution in [3.05, 3.63) is 71.8 Å². The van der Waals surface area contributed by atoms with Crippen LogP contribution < -0.4 is 5.32 Å². The highest BCUT2D eigenvalue weighted by Crippen LogP contribution is 2.26. The molecule has 0 aliphatic heterocycles. The van der Waals surface area contributed by atoms with Crippen LogP contribution in [0.2, 0.25) is 0 Å². The van der Waals surface area contributed by atoms with Crippen LogP contribution in [0.25, 0.3) is 0 Å². The highest BCUT2D eigenvalue weighted by atomic mass is 16.3. The van der Waals surface area contributed by atoms with Crippen LogP contribution in [-0.4, -0.2) is 11.7 Å². The van der Waals surface area contributed by atoms with Gasteiger partial charge < -0.3 is 10.4 Å². The van der Waals surface area contributed by atoms with Crippen molar-refractivity contribution < 1.29 is 5.11 Å². The fourth-order valence-corrected chi connectivity index (χ4v) is 2.68. The van der Waals surface area contributed by atoms with E-state index in [2.05, 4.69) is 31.3 Å². The van der Waals surface area contributed by atoms with Gasteiger partial charge in [0.25, 0.3) is 0 Å². The molecule has 2 heteroatoms. The summed E-state index contributed by atoms with van der Waals surface area (Å²) in [6, 6.07) is 20.5. The summed E-state index contributed by atoms with van der Waals surface area (Å²) >= 11 is 0. The van der Waals surface area contributed by atoms with E-state index < -0.39 is 5.60 Å². The second-order valence-corrected chi connectivity index (χ2v) is 5.66. The van der Waals surface area contributed by atoms with Crippen LogP contribution in [0.15, 0.2) is 60.7 Å². The van der Waals surface area contributed by atoms with Crippen molar-refractivity contribution in [1.82, 2.24) is 5.32 Å². The fraction of sp³-hybridized carbons (Fsp3) is 0.368. The van der Waals surface area contributed by atoms with Gasteiger partial charge in [-0.25, -0.2) is 0 Å². The molecule has 0 spiro atoms. The third kappa shape index (κ3) is 4.16. The van der Waals surface area contributed by atoms with E-state index in [1.165, 1.54) is 5.56 Å². The molecule has 2 rings (SSSR count). The summed E-state index contributed by atoms with van der Waals surface area (Å²) in [6.07, 6.45) is 1.71. The minimum atomic E-state index is -0.806. The van der Waals surface area contributed by atoms with Gasteiger partial charge in [0.2, 0.25) is 0 Å². The molecule has 0 saturated carbocycles. The summed E-state index contributed by atoms with van der Waals surface area (Å²) in [5, 5.41) is 14.5. The van der Waals surface area contributed by atoms with Crippen molar-refractivity contribution in [3.8, 4) is 0 Å². The molecule has 0 aliphatic carbocycles. The first-order chi connectivity index (χ1) is 10.2. The molecule has 0 aromatic heterocycles. The van der Waals surface area contributed by atoms with Gasteiger partial charge in [-0.3, -0.25) is 0 Å². The molecule has 2 N–H and O–H groups in total. The summed E-state index contributed by atoms with van der Waals surface area (Å²) in [7, 11) is 0. The molecule has 0 bridgehead atoms. The maximum Gasteiger partial charge on any atom is 0.102 e. The molecule has 1 unspecified atom stereocenters. The third-order valence-electron chi connectivity index (χ3n) is 3.97. The predicted octanol–water partition coefficient (Wildman–Crippen LogP) is 4.03. The predicted molar refractivity (Wildman–Crippen MR) is 88.1 cm³/mol. The first-order valence-corrected chi connectivity index (χ1v) is 7.72. The summed E-state index contributed by atoms with van der Waals surface area (Å²) < 4.78 is 0. The molecule has 0 aliphatic rings. The van der Waals surface area contributed by atoms with E-state index in [1.807, 2.05) is 48.5 Å². The monoisotopic (exact) mass is 283 g/mol. The highest BCUT2D eigenvalue weighted by Gasteiger charge is 2.28. The highest BCUT2D eigenvalue weighted by molar-refractivity contribution is 5.23. The van der Waals surface area contributed by atoms with Crippen LogP contribution in [0.3, 0.4) is 0 Å². The average Bonchev–Trinajstić information content (AvgIpc) is 2.54. The molecule has 0 amide bonds. The average molecular weight is 283 g/mol. The molecule has 0 saturated heterocycles. The summed E-state index contributed by atoms with van der Waals surface area (Å²) in [5.41, 5.74) is 1.42. The van der Waals surface area contributed by atoms with Gasteiger partial charge in [-0.2, -0.15) is 0 Å². The number of rotatable bonds is 7. The van der Waals surface area contributed by atoms with Gasteiger partial charge in [-0.05, 0) is 24.5 Å². The standard InChI is InChI=1S/C19H25NO/c1-3-14-19(21,18-12-8-5-9-13-18)15-20-16(2)17-10-6-4-7-11-17/h4-13,16,20-21H,3,14-15H2,1-2H3/t16-,19?/m0/s1. The van der Waals surface area contributed by atoms with E-state index in [0.29, 0.717) is 6.54 Å². The van der Waals surface area contributed by atoms with Gasteiger partial charge in [-0.1, -0.05) is 74.0 Å². The van der Waals surface area contributed by atoms with Crippen LogP contribution in [0.5, 0.6) is 0 Å². The Labute approximate surface area is 127 Å². The Morgan fingerprint density at radius 1 is 1.00 bits per heavy atom. The van der Waals surface area contributed by atoms with Crippen LogP contribution in [-0.2, 0) is 5.60 Å². The largest absolute Gasteiger partial charge is 0.384 e. The normalized spacial score (nSPS) is 15.4. The minimum Gasteiger partial charge on any atom is -0.384 e. The van der Waals surface area contributed by atoms with Crippen molar-refractivity contribution in [3.63, 3.8) is 0 Å². The quantitative estimate of drug-likeness (QED) is 0.804. The fourth-order valence-electron chi connectivity index (χ4n) is 2.68. The number of aliphatic hydroxyl groups is 1. The molecule has 2 aromatic carbocycles. The van der Waals surface area contributed by atoms with Gasteiger partial charge in [0, 0.05) is 12.6 Å². The lowest BCUT2D eigenvalue weighted by Crippen LogP contribution is -2.39. The lowest BCUT2D eigenvalue weighted by molar-refractivity contribution is 0.0246. The van der Waals surface area contributed by atoms with Crippen LogP contribution >= 0.6 is 0 Å². The Balaban J connectivity index is 2.07. The minimum absolute atomic E-state index is 0.221. The number of nitrogens with one attached hydrogen (secondary N) is 1. The van der Waals surface area contributed by atoms with Gasteiger partial charge in [-0.15, -0.1) is 0 Å². The molecule has 112 valence electrons. The van der Waals surface area contributed by atoms with Gasteiger partial charge >= 0.3 is 0 Å². The van der Waals surface area contributed by atoms with Gasteiger partial charge in [0.15, 0.2) is 0 Å². The Bertz CT molecular complexity index is 526. The molecular formula is C19H25NO. The van der Waals surface area contributed by atoms with Crippen LogP contribution in [0.1, 0.15) is 43.9 Å². The van der Waals surface area contributed by atoms with E-state index in [4.69, 9.17) is 0 Å². The Kier molecular flexibility index (Phi) is 5.54. The maximum absolute atomic E-state index is 11.0. The molecule has 0 fully saturated rings. The first-order valence-electron chi connectivity index (χ1n) is 7.72. The van der Waals surface area contributed by atoms with E-state index in [9.17, 15) is 5.11 Å². The van der Waals surface area contributed by atoms with Crippen molar-refractivity contribution in [2.45, 2.75) is 38.3 Å². The molecule has 21 heavy (non-hydrogen) atoms. The van der Waals surface area contributed by atoms with Crippen molar-refractivity contribution in [2.24, 2.45) is 0 Å². The van der Waals surface area contributed by atoms with E-state index in [0.717, 1.165) is 18.4 Å². The Hall–Kier alpha value is -1.64. The zero-order valence-corrected chi connectivity index (χ0v) is 12.9. The molecule has 0 radical (unpaired) electrons. The number of hydrogen-bond acceptors (Lipinski definition) is 2. The molecule has 2 nitrogen and oxygen atoms in total. The second kappa shape index (κ2) is 7.39. The van der Waals surface area contributed by atoms with Crippen LogP contribution in [0.4, 0.5) is 0 Å². The topological polar surface area (TPSA) is 32.3 Å². The van der Waals surface area contributed by atoms with Gasteiger partial charge in [0.1, 0.15) is 5.60 Å². The number of benzene rings is 2. The van der Waals surface area contributed by atoms with Crippen molar-refractivity contribution >= 4 is 0 Å². The first kappa shape index (κ1) is 15.7.